The van der Waals surface area contributed by atoms with Crippen LogP contribution in [0.25, 0.3) is 11.0 Å². The van der Waals surface area contributed by atoms with Gasteiger partial charge in [0.2, 0.25) is 5.78 Å². The lowest BCUT2D eigenvalue weighted by atomic mass is 9.95. The second kappa shape index (κ2) is 11.1. The van der Waals surface area contributed by atoms with E-state index in [0.29, 0.717) is 60.9 Å². The smallest absolute Gasteiger partial charge is 0.290 e. The molecule has 1 saturated heterocycles. The third-order valence-corrected chi connectivity index (χ3v) is 6.80. The molecule has 0 saturated carbocycles. The summed E-state index contributed by atoms with van der Waals surface area (Å²) < 4.78 is 22.4. The van der Waals surface area contributed by atoms with Gasteiger partial charge in [0.05, 0.1) is 31.9 Å². The van der Waals surface area contributed by atoms with Crippen LogP contribution in [0, 0.1) is 0 Å². The molecule has 0 bridgehead atoms. The van der Waals surface area contributed by atoms with Gasteiger partial charge in [-0.3, -0.25) is 14.5 Å². The number of para-hydroxylation sites is 1. The highest BCUT2D eigenvalue weighted by Crippen LogP contribution is 2.41. The maximum absolute atomic E-state index is 13.9. The van der Waals surface area contributed by atoms with E-state index in [-0.39, 0.29) is 11.3 Å². The van der Waals surface area contributed by atoms with Crippen LogP contribution < -0.4 is 9.47 Å². The van der Waals surface area contributed by atoms with Gasteiger partial charge in [-0.15, -0.1) is 0 Å². The highest BCUT2D eigenvalue weighted by atomic mass is 16.5. The van der Waals surface area contributed by atoms with Crippen molar-refractivity contribution in [1.29, 1.82) is 0 Å². The number of Topliss-reactive ketones (excluding diaryl/α,β-unsaturated/α-hetero) is 1. The molecule has 1 unspecified atom stereocenters. The van der Waals surface area contributed by atoms with Gasteiger partial charge in [0.25, 0.3) is 5.91 Å². The summed E-state index contributed by atoms with van der Waals surface area (Å²) in [7, 11) is 1.52. The molecule has 1 N–H and O–H groups in total. The van der Waals surface area contributed by atoms with E-state index in [9.17, 15) is 14.7 Å². The summed E-state index contributed by atoms with van der Waals surface area (Å²) in [6, 6.07) is 13.3. The Labute approximate surface area is 220 Å². The predicted octanol–water partition coefficient (Wildman–Crippen LogP) is 3.92. The standard InChI is InChI=1S/C29H30N2O7/c1-3-14-37-21-8-4-6-19(17-21)25-24(26(32)23-18-20-7-5-9-22(35-2)28(20)38-23)27(33)29(34)31(25)11-10-30-12-15-36-16-13-30/h3-9,17-18,25,33H,1,10-16H2,2H3. The molecule has 3 aromatic rings. The number of nitrogens with zero attached hydrogens (tertiary/aromatic N) is 2. The van der Waals surface area contributed by atoms with Crippen LogP contribution in [0.4, 0.5) is 0 Å². The van der Waals surface area contributed by atoms with Gasteiger partial charge in [0, 0.05) is 31.6 Å². The number of methoxy groups -OCH3 is 1. The van der Waals surface area contributed by atoms with E-state index >= 15 is 0 Å². The van der Waals surface area contributed by atoms with Crippen LogP contribution in [0.2, 0.25) is 0 Å². The minimum Gasteiger partial charge on any atom is -0.503 e. The van der Waals surface area contributed by atoms with Crippen molar-refractivity contribution in [3.8, 4) is 11.5 Å². The van der Waals surface area contributed by atoms with Gasteiger partial charge >= 0.3 is 0 Å². The van der Waals surface area contributed by atoms with Crippen molar-refractivity contribution in [2.75, 3.05) is 53.1 Å². The number of hydrogen-bond acceptors (Lipinski definition) is 8. The van der Waals surface area contributed by atoms with Gasteiger partial charge < -0.3 is 28.6 Å². The molecule has 1 amide bonds. The lowest BCUT2D eigenvalue weighted by Gasteiger charge is -2.31. The Morgan fingerprint density at radius 1 is 1.16 bits per heavy atom. The summed E-state index contributed by atoms with van der Waals surface area (Å²) in [4.78, 5) is 31.0. The monoisotopic (exact) mass is 518 g/mol. The number of ether oxygens (including phenoxy) is 3. The number of carbonyl (C=O) groups is 2. The molecular weight excluding hydrogens is 488 g/mol. The van der Waals surface area contributed by atoms with Gasteiger partial charge in [-0.2, -0.15) is 0 Å². The van der Waals surface area contributed by atoms with E-state index in [1.807, 2.05) is 6.07 Å². The van der Waals surface area contributed by atoms with Gasteiger partial charge in [0.1, 0.15) is 12.4 Å². The highest BCUT2D eigenvalue weighted by Gasteiger charge is 2.44. The molecule has 38 heavy (non-hydrogen) atoms. The molecule has 9 nitrogen and oxygen atoms in total. The third-order valence-electron chi connectivity index (χ3n) is 6.80. The van der Waals surface area contributed by atoms with Crippen molar-refractivity contribution < 1.29 is 33.3 Å². The zero-order chi connectivity index (χ0) is 26.6. The third kappa shape index (κ3) is 4.90. The van der Waals surface area contributed by atoms with Gasteiger partial charge in [0.15, 0.2) is 22.9 Å². The Hall–Kier alpha value is -4.08. The number of carbonyl (C=O) groups excluding carboxylic acids is 2. The molecule has 9 heteroatoms. The van der Waals surface area contributed by atoms with E-state index in [4.69, 9.17) is 18.6 Å². The number of morpholine rings is 1. The second-order valence-corrected chi connectivity index (χ2v) is 9.11. The molecule has 2 aliphatic rings. The van der Waals surface area contributed by atoms with Gasteiger partial charge in [-0.05, 0) is 29.8 Å². The molecular formula is C29H30N2O7. The van der Waals surface area contributed by atoms with Crippen molar-refractivity contribution in [2.24, 2.45) is 0 Å². The van der Waals surface area contributed by atoms with E-state index in [1.54, 1.807) is 48.5 Å². The lowest BCUT2D eigenvalue weighted by molar-refractivity contribution is -0.129. The summed E-state index contributed by atoms with van der Waals surface area (Å²) in [6.45, 7) is 7.64. The molecule has 1 aromatic heterocycles. The zero-order valence-electron chi connectivity index (χ0n) is 21.2. The summed E-state index contributed by atoms with van der Waals surface area (Å²) in [5, 5.41) is 11.7. The molecule has 2 aliphatic heterocycles. The van der Waals surface area contributed by atoms with Gasteiger partial charge in [-0.1, -0.05) is 36.9 Å². The van der Waals surface area contributed by atoms with Crippen molar-refractivity contribution in [3.05, 3.63) is 83.8 Å². The number of aliphatic hydroxyl groups is 1. The number of hydrogen-bond donors (Lipinski definition) is 1. The average molecular weight is 519 g/mol. The predicted molar refractivity (Wildman–Crippen MR) is 141 cm³/mol. The molecule has 0 aliphatic carbocycles. The van der Waals surface area contributed by atoms with Crippen molar-refractivity contribution in [2.45, 2.75) is 6.04 Å². The Morgan fingerprint density at radius 3 is 2.71 bits per heavy atom. The van der Waals surface area contributed by atoms with E-state index < -0.39 is 23.5 Å². The molecule has 5 rings (SSSR count). The van der Waals surface area contributed by atoms with Crippen molar-refractivity contribution in [3.63, 3.8) is 0 Å². The fourth-order valence-electron chi connectivity index (χ4n) is 4.91. The molecule has 3 heterocycles. The van der Waals surface area contributed by atoms with Gasteiger partial charge in [-0.25, -0.2) is 0 Å². The van der Waals surface area contributed by atoms with Crippen LogP contribution in [0.1, 0.15) is 22.2 Å². The Balaban J connectivity index is 1.52. The van der Waals surface area contributed by atoms with Crippen LogP contribution >= 0.6 is 0 Å². The number of rotatable bonds is 10. The molecule has 0 radical (unpaired) electrons. The van der Waals surface area contributed by atoms with Crippen LogP contribution in [0.3, 0.4) is 0 Å². The maximum atomic E-state index is 13.9. The molecule has 198 valence electrons. The van der Waals surface area contributed by atoms with Crippen LogP contribution in [0.15, 0.2) is 76.9 Å². The first-order chi connectivity index (χ1) is 18.5. The fourth-order valence-corrected chi connectivity index (χ4v) is 4.91. The van der Waals surface area contributed by atoms with E-state index in [1.165, 1.54) is 12.0 Å². The molecule has 1 atom stereocenters. The average Bonchev–Trinajstić information content (AvgIpc) is 3.50. The summed E-state index contributed by atoms with van der Waals surface area (Å²) >= 11 is 0. The number of furan rings is 1. The number of fused-ring (bicyclic) bond motifs is 1. The first-order valence-electron chi connectivity index (χ1n) is 12.5. The highest BCUT2D eigenvalue weighted by molar-refractivity contribution is 6.16. The molecule has 2 aromatic carbocycles. The number of ketones is 1. The first kappa shape index (κ1) is 25.6. The summed E-state index contributed by atoms with van der Waals surface area (Å²) in [5.41, 5.74) is 1.03. The maximum Gasteiger partial charge on any atom is 0.290 e. The normalized spacial score (nSPS) is 18.3. The van der Waals surface area contributed by atoms with Crippen molar-refractivity contribution in [1.82, 2.24) is 9.80 Å². The van der Waals surface area contributed by atoms with Crippen molar-refractivity contribution >= 4 is 22.7 Å². The number of benzene rings is 2. The summed E-state index contributed by atoms with van der Waals surface area (Å²) in [5.74, 6) is -0.680. The number of aliphatic hydroxyl groups excluding tert-OH is 1. The van der Waals surface area contributed by atoms with Crippen LogP contribution in [-0.2, 0) is 9.53 Å². The van der Waals surface area contributed by atoms with E-state index in [2.05, 4.69) is 11.5 Å². The molecule has 1 fully saturated rings. The van der Waals surface area contributed by atoms with Crippen LogP contribution in [0.5, 0.6) is 11.5 Å². The zero-order valence-corrected chi connectivity index (χ0v) is 21.2. The minimum atomic E-state index is -0.821. The van der Waals surface area contributed by atoms with Crippen LogP contribution in [-0.4, -0.2) is 79.7 Å². The Kier molecular flexibility index (Phi) is 7.48. The quantitative estimate of drug-likeness (QED) is 0.318. The Morgan fingerprint density at radius 2 is 1.95 bits per heavy atom. The topological polar surface area (TPSA) is 102 Å². The SMILES string of the molecule is C=CCOc1cccc(C2C(C(=O)c3cc4cccc(OC)c4o3)=C(O)C(=O)N2CCN2CCOCC2)c1. The fraction of sp³-hybridized carbons (Fsp3) is 0.310. The summed E-state index contributed by atoms with van der Waals surface area (Å²) in [6.07, 6.45) is 1.64. The first-order valence-corrected chi connectivity index (χ1v) is 12.5. The minimum absolute atomic E-state index is 0.0120. The number of amides is 1. The largest absolute Gasteiger partial charge is 0.503 e. The lowest BCUT2D eigenvalue weighted by Crippen LogP contribution is -2.43. The Bertz CT molecular complexity index is 1390. The molecule has 0 spiro atoms. The second-order valence-electron chi connectivity index (χ2n) is 9.11. The van der Waals surface area contributed by atoms with E-state index in [0.717, 1.165) is 13.1 Å².